The highest BCUT2D eigenvalue weighted by Gasteiger charge is 2.32. The molecular formula is C14H14F3N3. The first-order valence-corrected chi connectivity index (χ1v) is 5.95. The maximum Gasteiger partial charge on any atom is 0.416 e. The summed E-state index contributed by atoms with van der Waals surface area (Å²) in [6.07, 6.45) is -2.83. The van der Waals surface area contributed by atoms with Crippen molar-refractivity contribution in [2.45, 2.75) is 20.0 Å². The van der Waals surface area contributed by atoms with E-state index in [2.05, 4.69) is 10.3 Å². The number of hydrogen-bond donors (Lipinski definition) is 2. The highest BCUT2D eigenvalue weighted by molar-refractivity contribution is 5.71. The van der Waals surface area contributed by atoms with E-state index in [4.69, 9.17) is 5.73 Å². The van der Waals surface area contributed by atoms with E-state index in [0.29, 0.717) is 17.2 Å². The second kappa shape index (κ2) is 5.03. The zero-order chi connectivity index (χ0) is 14.9. The first-order valence-electron chi connectivity index (χ1n) is 5.95. The Kier molecular flexibility index (Phi) is 3.57. The van der Waals surface area contributed by atoms with E-state index in [1.54, 1.807) is 25.3 Å². The molecule has 0 aliphatic heterocycles. The van der Waals surface area contributed by atoms with Crippen LogP contribution in [-0.4, -0.2) is 4.98 Å². The molecule has 0 amide bonds. The summed E-state index contributed by atoms with van der Waals surface area (Å²) in [7, 11) is 0. The van der Waals surface area contributed by atoms with Crippen LogP contribution in [0.2, 0.25) is 0 Å². The Labute approximate surface area is 114 Å². The van der Waals surface area contributed by atoms with Gasteiger partial charge in [0.1, 0.15) is 0 Å². The number of nitrogens with one attached hydrogen (secondary N) is 1. The number of benzene rings is 1. The number of aromatic nitrogens is 1. The van der Waals surface area contributed by atoms with Gasteiger partial charge in [-0.15, -0.1) is 0 Å². The lowest BCUT2D eigenvalue weighted by molar-refractivity contribution is -0.138. The molecule has 2 rings (SSSR count). The van der Waals surface area contributed by atoms with Crippen molar-refractivity contribution in [1.82, 2.24) is 4.98 Å². The van der Waals surface area contributed by atoms with Gasteiger partial charge in [0.15, 0.2) is 5.82 Å². The third-order valence-corrected chi connectivity index (χ3v) is 3.01. The van der Waals surface area contributed by atoms with Crippen LogP contribution in [0.1, 0.15) is 16.7 Å². The van der Waals surface area contributed by atoms with E-state index in [9.17, 15) is 13.2 Å². The summed E-state index contributed by atoms with van der Waals surface area (Å²) < 4.78 is 38.5. The molecule has 2 aromatic rings. The van der Waals surface area contributed by atoms with Crippen molar-refractivity contribution >= 4 is 17.2 Å². The van der Waals surface area contributed by atoms with E-state index in [1.807, 2.05) is 0 Å². The lowest BCUT2D eigenvalue weighted by Gasteiger charge is -2.14. The third-order valence-electron chi connectivity index (χ3n) is 3.01. The van der Waals surface area contributed by atoms with Gasteiger partial charge in [0, 0.05) is 11.9 Å². The number of halogens is 3. The summed E-state index contributed by atoms with van der Waals surface area (Å²) in [5.74, 6) is 0.349. The van der Waals surface area contributed by atoms with Gasteiger partial charge in [-0.1, -0.05) is 6.07 Å². The number of nitrogen functional groups attached to an aromatic ring is 1. The molecule has 1 aromatic carbocycles. The fourth-order valence-corrected chi connectivity index (χ4v) is 1.81. The van der Waals surface area contributed by atoms with Gasteiger partial charge in [0.05, 0.1) is 11.3 Å². The second-order valence-corrected chi connectivity index (χ2v) is 4.54. The predicted octanol–water partition coefficient (Wildman–Crippen LogP) is 4.04. The van der Waals surface area contributed by atoms with Gasteiger partial charge in [0.25, 0.3) is 0 Å². The van der Waals surface area contributed by atoms with Crippen LogP contribution in [0, 0.1) is 13.8 Å². The van der Waals surface area contributed by atoms with Gasteiger partial charge in [-0.05, 0) is 43.2 Å². The number of pyridine rings is 1. The summed E-state index contributed by atoms with van der Waals surface area (Å²) in [4.78, 5) is 4.03. The zero-order valence-corrected chi connectivity index (χ0v) is 11.0. The normalized spacial score (nSPS) is 11.4. The lowest BCUT2D eigenvalue weighted by atomic mass is 10.1. The number of anilines is 3. The van der Waals surface area contributed by atoms with Crippen molar-refractivity contribution < 1.29 is 13.2 Å². The Balaban J connectivity index is 2.38. The maximum atomic E-state index is 12.8. The van der Waals surface area contributed by atoms with Crippen LogP contribution < -0.4 is 11.1 Å². The molecular weight excluding hydrogens is 267 g/mol. The number of rotatable bonds is 2. The monoisotopic (exact) mass is 281 g/mol. The molecule has 6 heteroatoms. The molecule has 0 bridgehead atoms. The Morgan fingerprint density at radius 1 is 1.10 bits per heavy atom. The van der Waals surface area contributed by atoms with Crippen molar-refractivity contribution in [2.75, 3.05) is 11.1 Å². The highest BCUT2D eigenvalue weighted by atomic mass is 19.4. The minimum absolute atomic E-state index is 0.174. The van der Waals surface area contributed by atoms with Crippen LogP contribution in [0.15, 0.2) is 30.5 Å². The Morgan fingerprint density at radius 3 is 2.45 bits per heavy atom. The third kappa shape index (κ3) is 2.84. The quantitative estimate of drug-likeness (QED) is 0.873. The molecule has 0 aliphatic rings. The molecule has 0 saturated heterocycles. The topological polar surface area (TPSA) is 50.9 Å². The fraction of sp³-hybridized carbons (Fsp3) is 0.214. The Morgan fingerprint density at radius 2 is 1.80 bits per heavy atom. The van der Waals surface area contributed by atoms with E-state index in [-0.39, 0.29) is 5.56 Å². The van der Waals surface area contributed by atoms with Gasteiger partial charge >= 0.3 is 6.18 Å². The largest absolute Gasteiger partial charge is 0.416 e. The summed E-state index contributed by atoms with van der Waals surface area (Å²) in [5, 5.41) is 2.82. The number of nitrogens with two attached hydrogens (primary N) is 1. The molecule has 0 spiro atoms. The maximum absolute atomic E-state index is 12.8. The molecule has 0 saturated carbocycles. The van der Waals surface area contributed by atoms with Crippen LogP contribution in [0.3, 0.4) is 0 Å². The molecule has 0 radical (unpaired) electrons. The molecule has 0 fully saturated rings. The van der Waals surface area contributed by atoms with Crippen LogP contribution in [-0.2, 0) is 6.18 Å². The number of hydrogen-bond acceptors (Lipinski definition) is 3. The predicted molar refractivity (Wildman–Crippen MR) is 72.9 cm³/mol. The van der Waals surface area contributed by atoms with E-state index < -0.39 is 11.7 Å². The zero-order valence-electron chi connectivity index (χ0n) is 11.0. The Bertz CT molecular complexity index is 636. The van der Waals surface area contributed by atoms with E-state index in [1.165, 1.54) is 13.0 Å². The first kappa shape index (κ1) is 14.2. The van der Waals surface area contributed by atoms with E-state index in [0.717, 1.165) is 11.6 Å². The lowest BCUT2D eigenvalue weighted by Crippen LogP contribution is -2.08. The van der Waals surface area contributed by atoms with Gasteiger partial charge in [-0.3, -0.25) is 0 Å². The second-order valence-electron chi connectivity index (χ2n) is 4.54. The van der Waals surface area contributed by atoms with E-state index >= 15 is 0 Å². The first-order chi connectivity index (χ1) is 9.29. The minimum Gasteiger partial charge on any atom is -0.396 e. The van der Waals surface area contributed by atoms with Crippen LogP contribution in [0.5, 0.6) is 0 Å². The molecule has 0 atom stereocenters. The summed E-state index contributed by atoms with van der Waals surface area (Å²) in [6.45, 7) is 3.23. The molecule has 0 unspecified atom stereocenters. The summed E-state index contributed by atoms with van der Waals surface area (Å²) >= 11 is 0. The van der Waals surface area contributed by atoms with Gasteiger partial charge < -0.3 is 11.1 Å². The molecule has 20 heavy (non-hydrogen) atoms. The highest BCUT2D eigenvalue weighted by Crippen LogP contribution is 2.34. The van der Waals surface area contributed by atoms with Crippen molar-refractivity contribution in [1.29, 1.82) is 0 Å². The molecule has 1 aromatic heterocycles. The van der Waals surface area contributed by atoms with Crippen LogP contribution >= 0.6 is 0 Å². The Hall–Kier alpha value is -2.24. The SMILES string of the molecule is Cc1ccc(Nc2nccc(C)c2N)cc1C(F)(F)F. The van der Waals surface area contributed by atoms with Crippen LogP contribution in [0.25, 0.3) is 0 Å². The molecule has 3 nitrogen and oxygen atoms in total. The van der Waals surface area contributed by atoms with Crippen molar-refractivity contribution in [3.05, 3.63) is 47.2 Å². The van der Waals surface area contributed by atoms with Gasteiger partial charge in [0.2, 0.25) is 0 Å². The smallest absolute Gasteiger partial charge is 0.396 e. The number of nitrogens with zero attached hydrogens (tertiary/aromatic N) is 1. The fourth-order valence-electron chi connectivity index (χ4n) is 1.81. The molecule has 1 heterocycles. The molecule has 3 N–H and O–H groups in total. The van der Waals surface area contributed by atoms with Gasteiger partial charge in [-0.25, -0.2) is 4.98 Å². The van der Waals surface area contributed by atoms with Gasteiger partial charge in [-0.2, -0.15) is 13.2 Å². The van der Waals surface area contributed by atoms with Crippen molar-refractivity contribution in [2.24, 2.45) is 0 Å². The standard InChI is InChI=1S/C14H14F3N3/c1-8-3-4-10(7-11(8)14(15,16)17)20-13-12(18)9(2)5-6-19-13/h3-7H,18H2,1-2H3,(H,19,20). The summed E-state index contributed by atoms with van der Waals surface area (Å²) in [5.41, 5.74) is 6.87. The number of aryl methyl sites for hydroxylation is 2. The minimum atomic E-state index is -4.38. The average Bonchev–Trinajstić information content (AvgIpc) is 2.36. The van der Waals surface area contributed by atoms with Crippen molar-refractivity contribution in [3.8, 4) is 0 Å². The number of alkyl halides is 3. The van der Waals surface area contributed by atoms with Crippen molar-refractivity contribution in [3.63, 3.8) is 0 Å². The summed E-state index contributed by atoms with van der Waals surface area (Å²) in [6, 6.07) is 5.76. The van der Waals surface area contributed by atoms with Crippen LogP contribution in [0.4, 0.5) is 30.4 Å². The molecule has 0 aliphatic carbocycles. The molecule has 106 valence electrons. The average molecular weight is 281 g/mol.